The first kappa shape index (κ1) is 15.6. The third kappa shape index (κ3) is 4.10. The van der Waals surface area contributed by atoms with Gasteiger partial charge in [-0.25, -0.2) is 13.1 Å². The van der Waals surface area contributed by atoms with Crippen molar-refractivity contribution in [1.29, 1.82) is 0 Å². The van der Waals surface area contributed by atoms with E-state index in [4.69, 9.17) is 5.11 Å². The zero-order valence-corrected chi connectivity index (χ0v) is 12.5. The van der Waals surface area contributed by atoms with Crippen LogP contribution in [0.25, 0.3) is 0 Å². The van der Waals surface area contributed by atoms with Crippen LogP contribution in [-0.4, -0.2) is 34.9 Å². The lowest BCUT2D eigenvalue weighted by molar-refractivity contribution is 0.277. The number of nitrogens with zero attached hydrogens (tertiary/aromatic N) is 3. The monoisotopic (exact) mass is 310 g/mol. The number of sulfonamides is 1. The number of hydrogen-bond donors (Lipinski definition) is 2. The largest absolute Gasteiger partial charge is 0.396 e. The van der Waals surface area contributed by atoms with E-state index in [-0.39, 0.29) is 17.5 Å². The minimum absolute atomic E-state index is 0.0409. The molecule has 1 unspecified atom stereocenters. The Morgan fingerprint density at radius 2 is 2.10 bits per heavy atom. The molecule has 0 radical (unpaired) electrons. The number of aromatic nitrogens is 3. The summed E-state index contributed by atoms with van der Waals surface area (Å²) in [6.45, 7) is 2.29. The summed E-state index contributed by atoms with van der Waals surface area (Å²) in [4.78, 5) is 4.02. The fourth-order valence-electron chi connectivity index (χ4n) is 1.86. The van der Waals surface area contributed by atoms with Gasteiger partial charge < -0.3 is 5.11 Å². The van der Waals surface area contributed by atoms with Crippen molar-refractivity contribution in [3.05, 3.63) is 42.5 Å². The molecule has 0 fully saturated rings. The first-order valence-electron chi connectivity index (χ1n) is 6.58. The van der Waals surface area contributed by atoms with Crippen LogP contribution < -0.4 is 4.72 Å². The second kappa shape index (κ2) is 6.79. The highest BCUT2D eigenvalue weighted by molar-refractivity contribution is 7.89. The number of aryl methyl sites for hydroxylation is 1. The second-order valence-electron chi connectivity index (χ2n) is 4.64. The molecule has 0 amide bonds. The van der Waals surface area contributed by atoms with Gasteiger partial charge in [0.15, 0.2) is 0 Å². The van der Waals surface area contributed by atoms with Gasteiger partial charge in [-0.1, -0.05) is 0 Å². The number of pyridine rings is 1. The van der Waals surface area contributed by atoms with Crippen LogP contribution in [0.4, 0.5) is 0 Å². The van der Waals surface area contributed by atoms with Crippen molar-refractivity contribution in [3.63, 3.8) is 0 Å². The van der Waals surface area contributed by atoms with Crippen LogP contribution >= 0.6 is 0 Å². The molecule has 0 aromatic carbocycles. The van der Waals surface area contributed by atoms with Crippen molar-refractivity contribution in [2.45, 2.75) is 30.8 Å². The highest BCUT2D eigenvalue weighted by atomic mass is 32.2. The maximum absolute atomic E-state index is 12.3. The lowest BCUT2D eigenvalue weighted by Gasteiger charge is -2.13. The molecule has 2 rings (SSSR count). The van der Waals surface area contributed by atoms with E-state index in [1.807, 2.05) is 0 Å². The molecule has 0 saturated heterocycles. The number of aliphatic hydroxyl groups excluding tert-OH is 1. The highest BCUT2D eigenvalue weighted by Crippen LogP contribution is 2.15. The van der Waals surface area contributed by atoms with Crippen molar-refractivity contribution < 1.29 is 13.5 Å². The maximum atomic E-state index is 12.3. The molecule has 2 aromatic heterocycles. The summed E-state index contributed by atoms with van der Waals surface area (Å²) >= 11 is 0. The SMILES string of the molecule is CC(NS(=O)(=O)c1cnn(CCCO)c1)c1ccncc1. The Balaban J connectivity index is 2.09. The molecule has 7 nitrogen and oxygen atoms in total. The summed E-state index contributed by atoms with van der Waals surface area (Å²) in [5.41, 5.74) is 0.834. The van der Waals surface area contributed by atoms with Crippen LogP contribution in [0.5, 0.6) is 0 Å². The van der Waals surface area contributed by atoms with Crippen LogP contribution in [0.1, 0.15) is 24.9 Å². The molecule has 0 saturated carbocycles. The summed E-state index contributed by atoms with van der Waals surface area (Å²) in [5, 5.41) is 12.7. The van der Waals surface area contributed by atoms with Gasteiger partial charge in [0.2, 0.25) is 10.0 Å². The van der Waals surface area contributed by atoms with E-state index in [1.54, 1.807) is 31.5 Å². The first-order chi connectivity index (χ1) is 10.0. The van der Waals surface area contributed by atoms with E-state index in [0.717, 1.165) is 5.56 Å². The van der Waals surface area contributed by atoms with Crippen molar-refractivity contribution in [2.75, 3.05) is 6.61 Å². The molecule has 114 valence electrons. The topological polar surface area (TPSA) is 97.1 Å². The predicted molar refractivity (Wildman–Crippen MR) is 76.9 cm³/mol. The number of hydrogen-bond acceptors (Lipinski definition) is 5. The summed E-state index contributed by atoms with van der Waals surface area (Å²) in [7, 11) is -3.63. The van der Waals surface area contributed by atoms with Gasteiger partial charge in [0, 0.05) is 37.8 Å². The molecule has 8 heteroatoms. The standard InChI is InChI=1S/C13H18N4O3S/c1-11(12-3-5-14-6-4-12)16-21(19,20)13-9-15-17(10-13)7-2-8-18/h3-6,9-11,16,18H,2,7-8H2,1H3. The molecule has 0 aliphatic heterocycles. The van der Waals surface area contributed by atoms with Crippen molar-refractivity contribution in [3.8, 4) is 0 Å². The Bertz CT molecular complexity index is 670. The first-order valence-corrected chi connectivity index (χ1v) is 8.07. The zero-order valence-electron chi connectivity index (χ0n) is 11.7. The average molecular weight is 310 g/mol. The van der Waals surface area contributed by atoms with Gasteiger partial charge in [0.05, 0.1) is 6.20 Å². The highest BCUT2D eigenvalue weighted by Gasteiger charge is 2.20. The maximum Gasteiger partial charge on any atom is 0.244 e. The third-order valence-corrected chi connectivity index (χ3v) is 4.50. The summed E-state index contributed by atoms with van der Waals surface area (Å²) < 4.78 is 28.6. The predicted octanol–water partition coefficient (Wildman–Crippen LogP) is 0.700. The summed E-state index contributed by atoms with van der Waals surface area (Å²) in [5.74, 6) is 0. The van der Waals surface area contributed by atoms with Crippen molar-refractivity contribution in [1.82, 2.24) is 19.5 Å². The quantitative estimate of drug-likeness (QED) is 0.784. The van der Waals surface area contributed by atoms with E-state index in [9.17, 15) is 8.42 Å². The second-order valence-corrected chi connectivity index (χ2v) is 6.35. The average Bonchev–Trinajstić information content (AvgIpc) is 2.95. The lowest BCUT2D eigenvalue weighted by Crippen LogP contribution is -2.26. The molecule has 2 N–H and O–H groups in total. The van der Waals surface area contributed by atoms with Crippen LogP contribution in [0, 0.1) is 0 Å². The van der Waals surface area contributed by atoms with Crippen LogP contribution in [0.2, 0.25) is 0 Å². The molecule has 2 aromatic rings. The molecular weight excluding hydrogens is 292 g/mol. The normalized spacial score (nSPS) is 13.2. The van der Waals surface area contributed by atoms with Gasteiger partial charge >= 0.3 is 0 Å². The smallest absolute Gasteiger partial charge is 0.244 e. The Morgan fingerprint density at radius 3 is 2.76 bits per heavy atom. The minimum atomic E-state index is -3.63. The van der Waals surface area contributed by atoms with Crippen LogP contribution in [-0.2, 0) is 16.6 Å². The molecule has 0 aliphatic carbocycles. The van der Waals surface area contributed by atoms with E-state index >= 15 is 0 Å². The van der Waals surface area contributed by atoms with E-state index in [0.29, 0.717) is 13.0 Å². The van der Waals surface area contributed by atoms with Crippen LogP contribution in [0.3, 0.4) is 0 Å². The molecular formula is C13H18N4O3S. The fraction of sp³-hybridized carbons (Fsp3) is 0.385. The van der Waals surface area contributed by atoms with Crippen molar-refractivity contribution >= 4 is 10.0 Å². The Hall–Kier alpha value is -1.77. The number of aliphatic hydroxyl groups is 1. The Labute approximate surface area is 123 Å². The summed E-state index contributed by atoms with van der Waals surface area (Å²) in [6.07, 6.45) is 6.53. The van der Waals surface area contributed by atoms with Gasteiger partial charge in [-0.15, -0.1) is 0 Å². The fourth-order valence-corrected chi connectivity index (χ4v) is 3.04. The molecule has 2 heterocycles. The molecule has 0 spiro atoms. The third-order valence-electron chi connectivity index (χ3n) is 3.00. The van der Waals surface area contributed by atoms with Gasteiger partial charge in [-0.05, 0) is 31.0 Å². The Kier molecular flexibility index (Phi) is 5.05. The van der Waals surface area contributed by atoms with Gasteiger partial charge in [-0.2, -0.15) is 5.10 Å². The Morgan fingerprint density at radius 1 is 1.38 bits per heavy atom. The van der Waals surface area contributed by atoms with E-state index in [2.05, 4.69) is 14.8 Å². The molecule has 0 bridgehead atoms. The van der Waals surface area contributed by atoms with Gasteiger partial charge in [0.25, 0.3) is 0 Å². The number of nitrogens with one attached hydrogen (secondary N) is 1. The minimum Gasteiger partial charge on any atom is -0.396 e. The van der Waals surface area contributed by atoms with E-state index < -0.39 is 10.0 Å². The van der Waals surface area contributed by atoms with Gasteiger partial charge in [-0.3, -0.25) is 9.67 Å². The molecule has 1 atom stereocenters. The molecule has 0 aliphatic rings. The van der Waals surface area contributed by atoms with Gasteiger partial charge in [0.1, 0.15) is 4.90 Å². The van der Waals surface area contributed by atoms with E-state index in [1.165, 1.54) is 17.1 Å². The number of rotatable bonds is 7. The molecule has 21 heavy (non-hydrogen) atoms. The van der Waals surface area contributed by atoms with Crippen LogP contribution in [0.15, 0.2) is 41.8 Å². The lowest BCUT2D eigenvalue weighted by atomic mass is 10.1. The zero-order chi connectivity index (χ0) is 15.3. The van der Waals surface area contributed by atoms with Crippen molar-refractivity contribution in [2.24, 2.45) is 0 Å². The summed E-state index contributed by atoms with van der Waals surface area (Å²) in [6, 6.07) is 3.16.